The second-order valence-electron chi connectivity index (χ2n) is 4.09. The Balaban J connectivity index is 2.92. The van der Waals surface area contributed by atoms with Crippen molar-refractivity contribution in [3.8, 4) is 0 Å². The average Bonchev–Trinajstić information content (AvgIpc) is 2.39. The van der Waals surface area contributed by atoms with Crippen LogP contribution in [-0.4, -0.2) is 42.2 Å². The van der Waals surface area contributed by atoms with Gasteiger partial charge in [-0.15, -0.1) is 0 Å². The van der Waals surface area contributed by atoms with E-state index in [9.17, 15) is 4.79 Å². The number of aliphatic hydroxyl groups is 1. The summed E-state index contributed by atoms with van der Waals surface area (Å²) in [5.74, 6) is -0.0255. The molecule has 0 saturated carbocycles. The van der Waals surface area contributed by atoms with Crippen LogP contribution in [0, 0.1) is 0 Å². The highest BCUT2D eigenvalue weighted by Crippen LogP contribution is 2.17. The molecule has 4 heteroatoms. The second-order valence-corrected chi connectivity index (χ2v) is 4.09. The third kappa shape index (κ3) is 3.74. The van der Waals surface area contributed by atoms with Crippen LogP contribution in [0.5, 0.6) is 0 Å². The molecule has 1 aromatic carbocycles. The molecule has 1 aromatic rings. The molecule has 4 nitrogen and oxygen atoms in total. The number of nitrogens with one attached hydrogen (secondary N) is 1. The predicted molar refractivity (Wildman–Crippen MR) is 73.9 cm³/mol. The number of hydrogen-bond acceptors (Lipinski definition) is 3. The Kier molecular flexibility index (Phi) is 6.22. The van der Waals surface area contributed by atoms with E-state index >= 15 is 0 Å². The minimum atomic E-state index is -0.0255. The van der Waals surface area contributed by atoms with Crippen molar-refractivity contribution in [1.82, 2.24) is 4.90 Å². The molecular weight excluding hydrogens is 228 g/mol. The van der Waals surface area contributed by atoms with E-state index in [4.69, 9.17) is 5.11 Å². The highest BCUT2D eigenvalue weighted by molar-refractivity contribution is 5.99. The first-order valence-electron chi connectivity index (χ1n) is 6.47. The normalized spacial score (nSPS) is 10.2. The standard InChI is InChI=1S/C14H22N2O2/c1-3-9-16(10-11-17)14(18)12-7-5-6-8-13(12)15-4-2/h5-8,15,17H,3-4,9-11H2,1-2H3. The maximum absolute atomic E-state index is 12.4. The number of anilines is 1. The lowest BCUT2D eigenvalue weighted by Gasteiger charge is -2.22. The fourth-order valence-corrected chi connectivity index (χ4v) is 1.89. The molecule has 0 spiro atoms. The largest absolute Gasteiger partial charge is 0.395 e. The van der Waals surface area contributed by atoms with E-state index in [1.165, 1.54) is 0 Å². The first kappa shape index (κ1) is 14.5. The molecule has 0 saturated heterocycles. The summed E-state index contributed by atoms with van der Waals surface area (Å²) in [6.45, 7) is 5.84. The lowest BCUT2D eigenvalue weighted by molar-refractivity contribution is 0.0723. The fraction of sp³-hybridized carbons (Fsp3) is 0.500. The van der Waals surface area contributed by atoms with Crippen LogP contribution < -0.4 is 5.32 Å². The molecule has 18 heavy (non-hydrogen) atoms. The highest BCUT2D eigenvalue weighted by Gasteiger charge is 2.17. The van der Waals surface area contributed by atoms with Crippen LogP contribution in [0.3, 0.4) is 0 Å². The van der Waals surface area contributed by atoms with E-state index in [1.807, 2.05) is 38.1 Å². The summed E-state index contributed by atoms with van der Waals surface area (Å²) in [5, 5.41) is 12.2. The summed E-state index contributed by atoms with van der Waals surface area (Å²) < 4.78 is 0. The third-order valence-corrected chi connectivity index (χ3v) is 2.68. The maximum Gasteiger partial charge on any atom is 0.256 e. The van der Waals surface area contributed by atoms with E-state index in [-0.39, 0.29) is 12.5 Å². The van der Waals surface area contributed by atoms with Crippen LogP contribution in [0.15, 0.2) is 24.3 Å². The van der Waals surface area contributed by atoms with Crippen LogP contribution in [-0.2, 0) is 0 Å². The first-order valence-corrected chi connectivity index (χ1v) is 6.47. The zero-order chi connectivity index (χ0) is 13.4. The molecule has 0 aliphatic heterocycles. The van der Waals surface area contributed by atoms with Crippen molar-refractivity contribution in [2.45, 2.75) is 20.3 Å². The van der Waals surface area contributed by atoms with Gasteiger partial charge in [0.1, 0.15) is 0 Å². The summed E-state index contributed by atoms with van der Waals surface area (Å²) in [5.41, 5.74) is 1.52. The van der Waals surface area contributed by atoms with Gasteiger partial charge >= 0.3 is 0 Å². The van der Waals surface area contributed by atoms with Gasteiger partial charge in [0, 0.05) is 25.3 Å². The highest BCUT2D eigenvalue weighted by atomic mass is 16.3. The summed E-state index contributed by atoms with van der Waals surface area (Å²) in [4.78, 5) is 14.1. The molecule has 0 heterocycles. The molecule has 0 fully saturated rings. The topological polar surface area (TPSA) is 52.6 Å². The summed E-state index contributed by atoms with van der Waals surface area (Å²) in [6.07, 6.45) is 0.884. The van der Waals surface area contributed by atoms with Crippen molar-refractivity contribution < 1.29 is 9.90 Å². The number of amides is 1. The number of benzene rings is 1. The van der Waals surface area contributed by atoms with Crippen molar-refractivity contribution in [2.75, 3.05) is 31.6 Å². The van der Waals surface area contributed by atoms with Crippen LogP contribution in [0.1, 0.15) is 30.6 Å². The number of aliphatic hydroxyl groups excluding tert-OH is 1. The number of nitrogens with zero attached hydrogens (tertiary/aromatic N) is 1. The minimum absolute atomic E-state index is 0.00485. The maximum atomic E-state index is 12.4. The molecule has 0 aromatic heterocycles. The molecule has 0 unspecified atom stereocenters. The van der Waals surface area contributed by atoms with Gasteiger partial charge in [0.05, 0.1) is 12.2 Å². The predicted octanol–water partition coefficient (Wildman–Crippen LogP) is 1.96. The Morgan fingerprint density at radius 2 is 2.00 bits per heavy atom. The van der Waals surface area contributed by atoms with Crippen LogP contribution in [0.25, 0.3) is 0 Å². The second kappa shape index (κ2) is 7.71. The number of hydrogen-bond donors (Lipinski definition) is 2. The van der Waals surface area contributed by atoms with Gasteiger partial charge in [-0.3, -0.25) is 4.79 Å². The molecule has 0 bridgehead atoms. The Morgan fingerprint density at radius 1 is 1.28 bits per heavy atom. The summed E-state index contributed by atoms with van der Waals surface area (Å²) in [6, 6.07) is 7.49. The van der Waals surface area contributed by atoms with Gasteiger partial charge in [-0.25, -0.2) is 0 Å². The Hall–Kier alpha value is -1.55. The zero-order valence-electron chi connectivity index (χ0n) is 11.1. The van der Waals surface area contributed by atoms with Crippen molar-refractivity contribution in [3.63, 3.8) is 0 Å². The third-order valence-electron chi connectivity index (χ3n) is 2.68. The zero-order valence-corrected chi connectivity index (χ0v) is 11.1. The number of rotatable bonds is 7. The first-order chi connectivity index (χ1) is 8.74. The summed E-state index contributed by atoms with van der Waals surface area (Å²) >= 11 is 0. The van der Waals surface area contributed by atoms with Gasteiger partial charge < -0.3 is 15.3 Å². The molecule has 0 radical (unpaired) electrons. The van der Waals surface area contributed by atoms with Gasteiger partial charge in [0.15, 0.2) is 0 Å². The summed E-state index contributed by atoms with van der Waals surface area (Å²) in [7, 11) is 0. The minimum Gasteiger partial charge on any atom is -0.395 e. The fourth-order valence-electron chi connectivity index (χ4n) is 1.89. The smallest absolute Gasteiger partial charge is 0.256 e. The lowest BCUT2D eigenvalue weighted by Crippen LogP contribution is -2.34. The Labute approximate surface area is 109 Å². The van der Waals surface area contributed by atoms with E-state index < -0.39 is 0 Å². The van der Waals surface area contributed by atoms with Crippen molar-refractivity contribution in [3.05, 3.63) is 29.8 Å². The molecule has 0 atom stereocenters. The van der Waals surface area contributed by atoms with Crippen molar-refractivity contribution in [1.29, 1.82) is 0 Å². The Bertz CT molecular complexity index is 374. The van der Waals surface area contributed by atoms with Gasteiger partial charge in [0.2, 0.25) is 0 Å². The molecule has 1 amide bonds. The van der Waals surface area contributed by atoms with Crippen LogP contribution >= 0.6 is 0 Å². The Morgan fingerprint density at radius 3 is 2.61 bits per heavy atom. The number of para-hydroxylation sites is 1. The van der Waals surface area contributed by atoms with E-state index in [1.54, 1.807) is 4.90 Å². The van der Waals surface area contributed by atoms with Crippen molar-refractivity contribution >= 4 is 11.6 Å². The van der Waals surface area contributed by atoms with E-state index in [2.05, 4.69) is 5.32 Å². The van der Waals surface area contributed by atoms with Gasteiger partial charge in [-0.1, -0.05) is 19.1 Å². The van der Waals surface area contributed by atoms with Crippen LogP contribution in [0.4, 0.5) is 5.69 Å². The van der Waals surface area contributed by atoms with Gasteiger partial charge in [0.25, 0.3) is 5.91 Å². The van der Waals surface area contributed by atoms with E-state index in [0.717, 1.165) is 18.7 Å². The molecule has 100 valence electrons. The molecular formula is C14H22N2O2. The monoisotopic (exact) mass is 250 g/mol. The van der Waals surface area contributed by atoms with E-state index in [0.29, 0.717) is 18.7 Å². The SMILES string of the molecule is CCCN(CCO)C(=O)c1ccccc1NCC. The van der Waals surface area contributed by atoms with Crippen molar-refractivity contribution in [2.24, 2.45) is 0 Å². The molecule has 0 aliphatic rings. The molecule has 2 N–H and O–H groups in total. The van der Waals surface area contributed by atoms with Gasteiger partial charge in [-0.05, 0) is 25.5 Å². The molecule has 0 aliphatic carbocycles. The molecule has 1 rings (SSSR count). The quantitative estimate of drug-likeness (QED) is 0.778. The number of carbonyl (C=O) groups is 1. The lowest BCUT2D eigenvalue weighted by atomic mass is 10.1. The number of carbonyl (C=O) groups excluding carboxylic acids is 1. The van der Waals surface area contributed by atoms with Crippen LogP contribution in [0.2, 0.25) is 0 Å². The average molecular weight is 250 g/mol. The van der Waals surface area contributed by atoms with Gasteiger partial charge in [-0.2, -0.15) is 0 Å².